The molecule has 0 saturated carbocycles. The Hall–Kier alpha value is -1.82. The Kier molecular flexibility index (Phi) is 5.22. The monoisotopic (exact) mass is 264 g/mol. The molecule has 0 aliphatic carbocycles. The smallest absolute Gasteiger partial charge is 0.175 e. The molecule has 1 aromatic carbocycles. The Balaban J connectivity index is 2.67. The molecule has 0 unspecified atom stereocenters. The number of benzene rings is 1. The molecule has 0 aromatic heterocycles. The molecule has 0 fully saturated rings. The Morgan fingerprint density at radius 3 is 2.24 bits per heavy atom. The number of nitrogens with zero attached hydrogens (tertiary/aromatic N) is 3. The fraction of sp³-hybridized carbons (Fsp3) is 0.182. The van der Waals surface area contributed by atoms with Gasteiger partial charge in [-0.3, -0.25) is 0 Å². The normalized spacial score (nSPS) is 8.88. The number of nitrogens with one attached hydrogen (secondary N) is 1. The molecule has 0 heterocycles. The Morgan fingerprint density at radius 2 is 1.76 bits per heavy atom. The molecule has 1 N–H and O–H groups in total. The van der Waals surface area contributed by atoms with Crippen LogP contribution in [0.4, 0.5) is 5.69 Å². The van der Waals surface area contributed by atoms with E-state index in [1.54, 1.807) is 24.3 Å². The summed E-state index contributed by atoms with van der Waals surface area (Å²) in [6.45, 7) is 0.153. The van der Waals surface area contributed by atoms with Crippen molar-refractivity contribution in [1.82, 2.24) is 4.90 Å². The van der Waals surface area contributed by atoms with Crippen LogP contribution in [-0.2, 0) is 0 Å². The number of hydrogen-bond donors (Lipinski definition) is 1. The summed E-state index contributed by atoms with van der Waals surface area (Å²) >= 11 is 10.9. The summed E-state index contributed by atoms with van der Waals surface area (Å²) in [5, 5.41) is 21.1. The maximum absolute atomic E-state index is 8.61. The number of anilines is 1. The average molecular weight is 265 g/mol. The standard InChI is InChI=1S/C11H9ClN4S/c12-9-1-3-10(4-2-9)15-11(17)16(7-5-13)8-6-14/h1-4H,7-8H2,(H,15,17). The first-order valence-corrected chi connectivity index (χ1v) is 5.51. The molecule has 0 bridgehead atoms. The van der Waals surface area contributed by atoms with Crippen LogP contribution in [0.1, 0.15) is 0 Å². The van der Waals surface area contributed by atoms with E-state index in [4.69, 9.17) is 34.3 Å². The molecule has 86 valence electrons. The predicted octanol–water partition coefficient (Wildman–Crippen LogP) is 2.39. The van der Waals surface area contributed by atoms with Crippen molar-refractivity contribution in [1.29, 1.82) is 10.5 Å². The van der Waals surface area contributed by atoms with Gasteiger partial charge >= 0.3 is 0 Å². The zero-order valence-electron chi connectivity index (χ0n) is 8.85. The lowest BCUT2D eigenvalue weighted by molar-refractivity contribution is 0.532. The Morgan fingerprint density at radius 1 is 1.24 bits per heavy atom. The Bertz CT molecular complexity index is 456. The van der Waals surface area contributed by atoms with E-state index in [0.29, 0.717) is 10.1 Å². The molecule has 6 heteroatoms. The molecule has 1 rings (SSSR count). The van der Waals surface area contributed by atoms with E-state index in [0.717, 1.165) is 5.69 Å². The van der Waals surface area contributed by atoms with Crippen molar-refractivity contribution in [2.24, 2.45) is 0 Å². The van der Waals surface area contributed by atoms with Gasteiger partial charge in [0.05, 0.1) is 12.1 Å². The topological polar surface area (TPSA) is 62.9 Å². The average Bonchev–Trinajstić information content (AvgIpc) is 2.32. The third-order valence-electron chi connectivity index (χ3n) is 1.91. The van der Waals surface area contributed by atoms with Crippen molar-refractivity contribution in [3.8, 4) is 12.1 Å². The summed E-state index contributed by atoms with van der Waals surface area (Å²) in [5.41, 5.74) is 0.764. The highest BCUT2D eigenvalue weighted by molar-refractivity contribution is 7.80. The third kappa shape index (κ3) is 4.28. The number of hydrogen-bond acceptors (Lipinski definition) is 3. The highest BCUT2D eigenvalue weighted by Crippen LogP contribution is 2.13. The van der Waals surface area contributed by atoms with E-state index in [-0.39, 0.29) is 13.1 Å². The van der Waals surface area contributed by atoms with Gasteiger partial charge in [-0.1, -0.05) is 11.6 Å². The quantitative estimate of drug-likeness (QED) is 0.671. The fourth-order valence-electron chi connectivity index (χ4n) is 1.11. The van der Waals surface area contributed by atoms with Crippen LogP contribution in [0.2, 0.25) is 5.02 Å². The van der Waals surface area contributed by atoms with Gasteiger partial charge in [-0.2, -0.15) is 10.5 Å². The third-order valence-corrected chi connectivity index (χ3v) is 2.52. The zero-order valence-corrected chi connectivity index (χ0v) is 10.4. The van der Waals surface area contributed by atoms with E-state index in [9.17, 15) is 0 Å². The van der Waals surface area contributed by atoms with Crippen LogP contribution < -0.4 is 5.32 Å². The first kappa shape index (κ1) is 13.2. The summed E-state index contributed by atoms with van der Waals surface area (Å²) in [6.07, 6.45) is 0. The van der Waals surface area contributed by atoms with Crippen molar-refractivity contribution in [2.75, 3.05) is 18.4 Å². The van der Waals surface area contributed by atoms with Crippen molar-refractivity contribution < 1.29 is 0 Å². The fourth-order valence-corrected chi connectivity index (χ4v) is 1.48. The highest BCUT2D eigenvalue weighted by Gasteiger charge is 2.08. The minimum Gasteiger partial charge on any atom is -0.333 e. The van der Waals surface area contributed by atoms with Gasteiger partial charge in [-0.15, -0.1) is 0 Å². The number of nitriles is 2. The summed E-state index contributed by atoms with van der Waals surface area (Å²) in [6, 6.07) is 10.9. The van der Waals surface area contributed by atoms with Gasteiger partial charge in [0.25, 0.3) is 0 Å². The zero-order chi connectivity index (χ0) is 12.7. The maximum atomic E-state index is 8.61. The lowest BCUT2D eigenvalue weighted by Gasteiger charge is -2.19. The molecule has 0 amide bonds. The second kappa shape index (κ2) is 6.70. The lowest BCUT2D eigenvalue weighted by Crippen LogP contribution is -2.35. The molecule has 0 aliphatic rings. The van der Waals surface area contributed by atoms with Gasteiger partial charge < -0.3 is 10.2 Å². The first-order valence-electron chi connectivity index (χ1n) is 4.72. The molecule has 0 atom stereocenters. The highest BCUT2D eigenvalue weighted by atomic mass is 35.5. The molecule has 4 nitrogen and oxygen atoms in total. The minimum atomic E-state index is 0.0764. The van der Waals surface area contributed by atoms with Gasteiger partial charge in [0.2, 0.25) is 0 Å². The van der Waals surface area contributed by atoms with Crippen LogP contribution in [-0.4, -0.2) is 23.1 Å². The van der Waals surface area contributed by atoms with E-state index in [1.165, 1.54) is 4.90 Å². The van der Waals surface area contributed by atoms with Crippen LogP contribution >= 0.6 is 23.8 Å². The van der Waals surface area contributed by atoms with Crippen LogP contribution in [0.25, 0.3) is 0 Å². The molecular weight excluding hydrogens is 256 g/mol. The summed E-state index contributed by atoms with van der Waals surface area (Å²) in [4.78, 5) is 1.48. The van der Waals surface area contributed by atoms with Crippen molar-refractivity contribution in [3.63, 3.8) is 0 Å². The van der Waals surface area contributed by atoms with Crippen molar-refractivity contribution in [2.45, 2.75) is 0 Å². The largest absolute Gasteiger partial charge is 0.333 e. The van der Waals surface area contributed by atoms with Crippen LogP contribution in [0, 0.1) is 22.7 Å². The summed E-state index contributed by atoms with van der Waals surface area (Å²) in [7, 11) is 0. The second-order valence-corrected chi connectivity index (χ2v) is 3.93. The number of rotatable bonds is 3. The lowest BCUT2D eigenvalue weighted by atomic mass is 10.3. The van der Waals surface area contributed by atoms with E-state index in [1.807, 2.05) is 12.1 Å². The SMILES string of the molecule is N#CCN(CC#N)C(=S)Nc1ccc(Cl)cc1. The molecule has 0 saturated heterocycles. The second-order valence-electron chi connectivity index (χ2n) is 3.11. The molecule has 0 spiro atoms. The predicted molar refractivity (Wildman–Crippen MR) is 70.5 cm³/mol. The van der Waals surface area contributed by atoms with E-state index in [2.05, 4.69) is 5.32 Å². The molecule has 0 radical (unpaired) electrons. The van der Waals surface area contributed by atoms with Crippen molar-refractivity contribution in [3.05, 3.63) is 29.3 Å². The van der Waals surface area contributed by atoms with E-state index >= 15 is 0 Å². The van der Waals surface area contributed by atoms with Crippen LogP contribution in [0.15, 0.2) is 24.3 Å². The van der Waals surface area contributed by atoms with Crippen LogP contribution in [0.5, 0.6) is 0 Å². The van der Waals surface area contributed by atoms with Gasteiger partial charge in [-0.05, 0) is 36.5 Å². The van der Waals surface area contributed by atoms with Gasteiger partial charge in [-0.25, -0.2) is 0 Å². The number of thiocarbonyl (C=S) groups is 1. The maximum Gasteiger partial charge on any atom is 0.175 e. The van der Waals surface area contributed by atoms with Gasteiger partial charge in [0.1, 0.15) is 13.1 Å². The van der Waals surface area contributed by atoms with E-state index < -0.39 is 0 Å². The number of halogens is 1. The summed E-state index contributed by atoms with van der Waals surface area (Å²) < 4.78 is 0. The minimum absolute atomic E-state index is 0.0764. The van der Waals surface area contributed by atoms with Gasteiger partial charge in [0, 0.05) is 10.7 Å². The van der Waals surface area contributed by atoms with Crippen molar-refractivity contribution >= 4 is 34.6 Å². The van der Waals surface area contributed by atoms with Gasteiger partial charge in [0.15, 0.2) is 5.11 Å². The van der Waals surface area contributed by atoms with Crippen LogP contribution in [0.3, 0.4) is 0 Å². The molecular formula is C11H9ClN4S. The molecule has 17 heavy (non-hydrogen) atoms. The molecule has 0 aliphatic heterocycles. The first-order chi connectivity index (χ1) is 8.17. The molecule has 1 aromatic rings. The summed E-state index contributed by atoms with van der Waals surface area (Å²) in [5.74, 6) is 0. The Labute approximate surface area is 110 Å².